The number of anilines is 2. The summed E-state index contributed by atoms with van der Waals surface area (Å²) in [6.45, 7) is 0. The quantitative estimate of drug-likeness (QED) is 0.575. The van der Waals surface area contributed by atoms with Gasteiger partial charge < -0.3 is 15.2 Å². The summed E-state index contributed by atoms with van der Waals surface area (Å²) in [6, 6.07) is 18.7. The highest BCUT2D eigenvalue weighted by Crippen LogP contribution is 2.21. The number of aromatic hydroxyl groups is 1. The minimum absolute atomic E-state index is 0.259. The Kier molecular flexibility index (Phi) is 4.15. The number of methoxy groups -OCH3 is 1. The molecule has 0 saturated carbocycles. The van der Waals surface area contributed by atoms with Gasteiger partial charge in [-0.25, -0.2) is 9.50 Å². The number of ether oxygens (including phenoxy) is 1. The smallest absolute Gasteiger partial charge is 0.153 e. The van der Waals surface area contributed by atoms with Gasteiger partial charge in [0.15, 0.2) is 11.5 Å². The van der Waals surface area contributed by atoms with E-state index in [-0.39, 0.29) is 5.75 Å². The van der Waals surface area contributed by atoms with E-state index in [1.165, 1.54) is 0 Å². The van der Waals surface area contributed by atoms with E-state index in [0.717, 1.165) is 34.2 Å². The summed E-state index contributed by atoms with van der Waals surface area (Å²) in [4.78, 5) is 4.41. The Labute approximate surface area is 150 Å². The maximum atomic E-state index is 9.42. The zero-order valence-electron chi connectivity index (χ0n) is 14.3. The predicted octanol–water partition coefficient (Wildman–Crippen LogP) is 3.78. The number of benzene rings is 2. The van der Waals surface area contributed by atoms with Crippen LogP contribution in [-0.4, -0.2) is 26.8 Å². The first-order valence-electron chi connectivity index (χ1n) is 8.24. The molecule has 26 heavy (non-hydrogen) atoms. The van der Waals surface area contributed by atoms with Crippen molar-refractivity contribution < 1.29 is 9.84 Å². The van der Waals surface area contributed by atoms with Crippen LogP contribution in [0.15, 0.2) is 66.9 Å². The molecule has 4 rings (SSSR count). The molecule has 0 aliphatic heterocycles. The lowest BCUT2D eigenvalue weighted by molar-refractivity contribution is 0.415. The number of hydrogen-bond donors (Lipinski definition) is 2. The molecule has 2 heterocycles. The molecule has 0 saturated heterocycles. The number of fused-ring (bicyclic) bond motifs is 1. The second-order valence-corrected chi connectivity index (χ2v) is 5.94. The zero-order chi connectivity index (χ0) is 17.9. The summed E-state index contributed by atoms with van der Waals surface area (Å²) in [7, 11) is 1.64. The summed E-state index contributed by atoms with van der Waals surface area (Å²) in [5, 5.41) is 17.4. The van der Waals surface area contributed by atoms with Crippen LogP contribution in [-0.2, 0) is 6.42 Å². The molecular formula is C20H18N4O2. The van der Waals surface area contributed by atoms with Crippen LogP contribution in [0.25, 0.3) is 5.65 Å². The van der Waals surface area contributed by atoms with Gasteiger partial charge in [-0.15, -0.1) is 5.10 Å². The van der Waals surface area contributed by atoms with Crippen molar-refractivity contribution >= 4 is 17.2 Å². The second kappa shape index (κ2) is 6.76. The normalized spacial score (nSPS) is 10.8. The van der Waals surface area contributed by atoms with E-state index in [1.807, 2.05) is 59.2 Å². The second-order valence-electron chi connectivity index (χ2n) is 5.94. The molecule has 0 aliphatic rings. The van der Waals surface area contributed by atoms with Crippen LogP contribution >= 0.6 is 0 Å². The molecular weight excluding hydrogens is 328 g/mol. The Balaban J connectivity index is 1.62. The monoisotopic (exact) mass is 346 g/mol. The average Bonchev–Trinajstić information content (AvgIpc) is 3.06. The number of rotatable bonds is 5. The van der Waals surface area contributed by atoms with Gasteiger partial charge in [-0.2, -0.15) is 0 Å². The van der Waals surface area contributed by atoms with Gasteiger partial charge in [0.1, 0.15) is 11.5 Å². The number of nitrogens with one attached hydrogen (secondary N) is 1. The van der Waals surface area contributed by atoms with Gasteiger partial charge in [0.25, 0.3) is 0 Å². The van der Waals surface area contributed by atoms with Crippen molar-refractivity contribution in [2.45, 2.75) is 6.42 Å². The lowest BCUT2D eigenvalue weighted by Gasteiger charge is -2.08. The molecule has 0 fully saturated rings. The van der Waals surface area contributed by atoms with Crippen molar-refractivity contribution in [3.05, 3.63) is 78.1 Å². The average molecular weight is 346 g/mol. The van der Waals surface area contributed by atoms with E-state index < -0.39 is 0 Å². The summed E-state index contributed by atoms with van der Waals surface area (Å²) < 4.78 is 7.08. The molecule has 0 amide bonds. The van der Waals surface area contributed by atoms with Gasteiger partial charge in [-0.05, 0) is 42.0 Å². The van der Waals surface area contributed by atoms with E-state index in [2.05, 4.69) is 15.4 Å². The maximum Gasteiger partial charge on any atom is 0.153 e. The van der Waals surface area contributed by atoms with E-state index in [0.29, 0.717) is 6.42 Å². The first-order valence-corrected chi connectivity index (χ1v) is 8.24. The third kappa shape index (κ3) is 3.30. The summed E-state index contributed by atoms with van der Waals surface area (Å²) in [6.07, 6.45) is 2.50. The van der Waals surface area contributed by atoms with Crippen LogP contribution in [0, 0.1) is 0 Å². The molecule has 130 valence electrons. The Hall–Kier alpha value is -3.54. The van der Waals surface area contributed by atoms with Gasteiger partial charge in [0.05, 0.1) is 19.0 Å². The van der Waals surface area contributed by atoms with Crippen molar-refractivity contribution in [1.82, 2.24) is 14.6 Å². The molecule has 0 bridgehead atoms. The molecule has 6 heteroatoms. The molecule has 2 N–H and O–H groups in total. The van der Waals surface area contributed by atoms with Crippen LogP contribution in [0.2, 0.25) is 0 Å². The fourth-order valence-corrected chi connectivity index (χ4v) is 2.78. The van der Waals surface area contributed by atoms with E-state index in [1.54, 1.807) is 19.2 Å². The molecule has 0 unspecified atom stereocenters. The topological polar surface area (TPSA) is 71.7 Å². The standard InChI is InChI=1S/C20H18N4O2/c1-26-18-4-2-3-15(12-18)22-19-9-10-20-21-13-16(24(20)23-19)11-14-5-7-17(25)8-6-14/h2-10,12-13,25H,11H2,1H3,(H,22,23). The number of phenols is 1. The Bertz CT molecular complexity index is 1040. The number of imidazole rings is 1. The van der Waals surface area contributed by atoms with Crippen molar-refractivity contribution in [1.29, 1.82) is 0 Å². The molecule has 2 aromatic carbocycles. The van der Waals surface area contributed by atoms with Gasteiger partial charge in [-0.3, -0.25) is 0 Å². The zero-order valence-corrected chi connectivity index (χ0v) is 14.3. The SMILES string of the molecule is COc1cccc(Nc2ccc3ncc(Cc4ccc(O)cc4)n3n2)c1. The molecule has 2 aromatic heterocycles. The largest absolute Gasteiger partial charge is 0.508 e. The minimum Gasteiger partial charge on any atom is -0.508 e. The van der Waals surface area contributed by atoms with Gasteiger partial charge in [0, 0.05) is 18.2 Å². The highest BCUT2D eigenvalue weighted by atomic mass is 16.5. The highest BCUT2D eigenvalue weighted by molar-refractivity contribution is 5.59. The van der Waals surface area contributed by atoms with Gasteiger partial charge in [-0.1, -0.05) is 18.2 Å². The molecule has 0 atom stereocenters. The van der Waals surface area contributed by atoms with E-state index >= 15 is 0 Å². The van der Waals surface area contributed by atoms with Crippen LogP contribution in [0.3, 0.4) is 0 Å². The number of hydrogen-bond acceptors (Lipinski definition) is 5. The summed E-state index contributed by atoms with van der Waals surface area (Å²) in [5.41, 5.74) is 3.74. The highest BCUT2D eigenvalue weighted by Gasteiger charge is 2.07. The van der Waals surface area contributed by atoms with Crippen molar-refractivity contribution in [3.63, 3.8) is 0 Å². The summed E-state index contributed by atoms with van der Waals surface area (Å²) >= 11 is 0. The predicted molar refractivity (Wildman–Crippen MR) is 100 cm³/mol. The first-order chi connectivity index (χ1) is 12.7. The lowest BCUT2D eigenvalue weighted by atomic mass is 10.1. The Morgan fingerprint density at radius 1 is 1.08 bits per heavy atom. The number of phenolic OH excluding ortho intramolecular Hbond substituents is 1. The fraction of sp³-hybridized carbons (Fsp3) is 0.100. The third-order valence-electron chi connectivity index (χ3n) is 4.10. The molecule has 0 aliphatic carbocycles. The number of aromatic nitrogens is 3. The molecule has 0 radical (unpaired) electrons. The maximum absolute atomic E-state index is 9.42. The van der Waals surface area contributed by atoms with Crippen molar-refractivity contribution in [3.8, 4) is 11.5 Å². The van der Waals surface area contributed by atoms with Crippen LogP contribution < -0.4 is 10.1 Å². The fourth-order valence-electron chi connectivity index (χ4n) is 2.78. The van der Waals surface area contributed by atoms with Gasteiger partial charge in [0.2, 0.25) is 0 Å². The molecule has 4 aromatic rings. The van der Waals surface area contributed by atoms with E-state index in [4.69, 9.17) is 4.74 Å². The van der Waals surface area contributed by atoms with Crippen molar-refractivity contribution in [2.24, 2.45) is 0 Å². The van der Waals surface area contributed by atoms with E-state index in [9.17, 15) is 5.11 Å². The van der Waals surface area contributed by atoms with Crippen molar-refractivity contribution in [2.75, 3.05) is 12.4 Å². The molecule has 0 spiro atoms. The Morgan fingerprint density at radius 3 is 2.73 bits per heavy atom. The Morgan fingerprint density at radius 2 is 1.92 bits per heavy atom. The van der Waals surface area contributed by atoms with Crippen LogP contribution in [0.1, 0.15) is 11.3 Å². The third-order valence-corrected chi connectivity index (χ3v) is 4.10. The summed E-state index contributed by atoms with van der Waals surface area (Å²) in [5.74, 6) is 1.76. The first kappa shape index (κ1) is 16.0. The van der Waals surface area contributed by atoms with Crippen LogP contribution in [0.5, 0.6) is 11.5 Å². The minimum atomic E-state index is 0.259. The van der Waals surface area contributed by atoms with Crippen LogP contribution in [0.4, 0.5) is 11.5 Å². The lowest BCUT2D eigenvalue weighted by Crippen LogP contribution is -2.02. The number of nitrogens with zero attached hydrogens (tertiary/aromatic N) is 3. The van der Waals surface area contributed by atoms with Gasteiger partial charge >= 0.3 is 0 Å². The molecule has 6 nitrogen and oxygen atoms in total.